The van der Waals surface area contributed by atoms with E-state index >= 15 is 0 Å². The Hall–Kier alpha value is -2.24. The van der Waals surface area contributed by atoms with E-state index in [0.717, 1.165) is 6.42 Å². The highest BCUT2D eigenvalue weighted by atomic mass is 16.5. The van der Waals surface area contributed by atoms with Crippen LogP contribution in [-0.2, 0) is 14.3 Å². The minimum atomic E-state index is -1.01. The monoisotopic (exact) mass is 311 g/mol. The summed E-state index contributed by atoms with van der Waals surface area (Å²) in [6.07, 6.45) is 0.729. The standard InChI is InChI=1S/C14H19NO5.C2H6/c1-3-8-20-14(18)10-15(9-13(16)17)11-4-6-12(19-2)7-5-11;1-2/h4-7H,3,8-10H2,1-2H3,(H,16,17);1-2H3. The molecule has 0 heterocycles. The van der Waals surface area contributed by atoms with Gasteiger partial charge >= 0.3 is 11.9 Å². The van der Waals surface area contributed by atoms with Crippen LogP contribution in [0.4, 0.5) is 5.69 Å². The number of aliphatic carboxylic acids is 1. The number of hydrogen-bond donors (Lipinski definition) is 1. The van der Waals surface area contributed by atoms with Gasteiger partial charge in [-0.05, 0) is 30.7 Å². The predicted octanol–water partition coefficient (Wildman–Crippen LogP) is 2.57. The fraction of sp³-hybridized carbons (Fsp3) is 0.500. The van der Waals surface area contributed by atoms with Gasteiger partial charge < -0.3 is 19.5 Å². The van der Waals surface area contributed by atoms with Crippen LogP contribution in [-0.4, -0.2) is 43.9 Å². The zero-order valence-electron chi connectivity index (χ0n) is 13.7. The third-order valence-corrected chi connectivity index (χ3v) is 2.55. The summed E-state index contributed by atoms with van der Waals surface area (Å²) in [6, 6.07) is 6.83. The Morgan fingerprint density at radius 3 is 2.18 bits per heavy atom. The van der Waals surface area contributed by atoms with Crippen LogP contribution in [0.5, 0.6) is 5.75 Å². The van der Waals surface area contributed by atoms with Crippen LogP contribution in [0.3, 0.4) is 0 Å². The van der Waals surface area contributed by atoms with Gasteiger partial charge in [0.1, 0.15) is 18.8 Å². The van der Waals surface area contributed by atoms with Gasteiger partial charge in [0.25, 0.3) is 0 Å². The normalized spacial score (nSPS) is 9.27. The average molecular weight is 311 g/mol. The van der Waals surface area contributed by atoms with Crippen molar-refractivity contribution < 1.29 is 24.2 Å². The molecular formula is C16H25NO5. The Labute approximate surface area is 131 Å². The summed E-state index contributed by atoms with van der Waals surface area (Å²) in [5.41, 5.74) is 0.627. The van der Waals surface area contributed by atoms with Crippen molar-refractivity contribution in [2.24, 2.45) is 0 Å². The molecular weight excluding hydrogens is 286 g/mol. The topological polar surface area (TPSA) is 76.1 Å². The average Bonchev–Trinajstić information content (AvgIpc) is 2.54. The van der Waals surface area contributed by atoms with E-state index in [9.17, 15) is 9.59 Å². The molecule has 124 valence electrons. The number of methoxy groups -OCH3 is 1. The van der Waals surface area contributed by atoms with Crippen LogP contribution in [0.1, 0.15) is 27.2 Å². The molecule has 22 heavy (non-hydrogen) atoms. The number of anilines is 1. The zero-order chi connectivity index (χ0) is 17.0. The quantitative estimate of drug-likeness (QED) is 0.744. The molecule has 0 saturated carbocycles. The number of benzene rings is 1. The smallest absolute Gasteiger partial charge is 0.325 e. The molecule has 6 heteroatoms. The highest BCUT2D eigenvalue weighted by molar-refractivity contribution is 5.80. The van der Waals surface area contributed by atoms with Gasteiger partial charge in [0.2, 0.25) is 0 Å². The molecule has 1 aromatic carbocycles. The number of esters is 1. The van der Waals surface area contributed by atoms with E-state index in [2.05, 4.69) is 0 Å². The number of hydrogen-bond acceptors (Lipinski definition) is 5. The fourth-order valence-corrected chi connectivity index (χ4v) is 1.61. The van der Waals surface area contributed by atoms with Crippen LogP contribution >= 0.6 is 0 Å². The Bertz CT molecular complexity index is 444. The molecule has 0 aromatic heterocycles. The minimum Gasteiger partial charge on any atom is -0.497 e. The van der Waals surface area contributed by atoms with Gasteiger partial charge in [-0.2, -0.15) is 0 Å². The summed E-state index contributed by atoms with van der Waals surface area (Å²) >= 11 is 0. The maximum atomic E-state index is 11.6. The zero-order valence-corrected chi connectivity index (χ0v) is 13.7. The van der Waals surface area contributed by atoms with Crippen molar-refractivity contribution in [2.75, 3.05) is 31.7 Å². The Morgan fingerprint density at radius 2 is 1.73 bits per heavy atom. The van der Waals surface area contributed by atoms with Crippen LogP contribution in [0.2, 0.25) is 0 Å². The van der Waals surface area contributed by atoms with Gasteiger partial charge in [-0.25, -0.2) is 0 Å². The van der Waals surface area contributed by atoms with Crippen LogP contribution < -0.4 is 9.64 Å². The molecule has 6 nitrogen and oxygen atoms in total. The SMILES string of the molecule is CC.CCCOC(=O)CN(CC(=O)O)c1ccc(OC)cc1. The molecule has 0 atom stereocenters. The second-order valence-electron chi connectivity index (χ2n) is 4.17. The number of rotatable bonds is 8. The lowest BCUT2D eigenvalue weighted by molar-refractivity contribution is -0.142. The number of ether oxygens (including phenoxy) is 2. The van der Waals surface area contributed by atoms with Crippen molar-refractivity contribution in [1.29, 1.82) is 0 Å². The molecule has 1 rings (SSSR count). The first kappa shape index (κ1) is 19.8. The highest BCUT2D eigenvalue weighted by Gasteiger charge is 2.15. The van der Waals surface area contributed by atoms with Crippen LogP contribution in [0.15, 0.2) is 24.3 Å². The molecule has 0 radical (unpaired) electrons. The number of carboxylic acids is 1. The van der Waals surface area contributed by atoms with E-state index in [0.29, 0.717) is 18.0 Å². The highest BCUT2D eigenvalue weighted by Crippen LogP contribution is 2.19. The predicted molar refractivity (Wildman–Crippen MR) is 85.4 cm³/mol. The van der Waals surface area contributed by atoms with Crippen molar-refractivity contribution in [3.63, 3.8) is 0 Å². The summed E-state index contributed by atoms with van der Waals surface area (Å²) in [4.78, 5) is 23.9. The van der Waals surface area contributed by atoms with Crippen molar-refractivity contribution in [3.8, 4) is 5.75 Å². The van der Waals surface area contributed by atoms with E-state index in [4.69, 9.17) is 14.6 Å². The molecule has 0 aliphatic carbocycles. The maximum absolute atomic E-state index is 11.6. The van der Waals surface area contributed by atoms with Gasteiger partial charge in [-0.15, -0.1) is 0 Å². The molecule has 0 amide bonds. The Balaban J connectivity index is 0.00000211. The molecule has 1 N–H and O–H groups in total. The summed E-state index contributed by atoms with van der Waals surface area (Å²) in [7, 11) is 1.55. The molecule has 0 saturated heterocycles. The molecule has 0 aliphatic heterocycles. The number of carbonyl (C=O) groups excluding carboxylic acids is 1. The molecule has 0 fully saturated rings. The van der Waals surface area contributed by atoms with Crippen molar-refractivity contribution in [3.05, 3.63) is 24.3 Å². The molecule has 0 aliphatic rings. The van der Waals surface area contributed by atoms with E-state index in [-0.39, 0.29) is 13.1 Å². The van der Waals surface area contributed by atoms with Gasteiger partial charge in [-0.3, -0.25) is 9.59 Å². The molecule has 0 bridgehead atoms. The van der Waals surface area contributed by atoms with Gasteiger partial charge in [0.05, 0.1) is 13.7 Å². The number of carbonyl (C=O) groups is 2. The first-order chi connectivity index (χ1) is 10.6. The van der Waals surface area contributed by atoms with Crippen molar-refractivity contribution >= 4 is 17.6 Å². The second-order valence-corrected chi connectivity index (χ2v) is 4.17. The van der Waals surface area contributed by atoms with Gasteiger partial charge in [0, 0.05) is 5.69 Å². The Kier molecular flexibility index (Phi) is 10.3. The summed E-state index contributed by atoms with van der Waals surface area (Å²) < 4.78 is 10.0. The Morgan fingerprint density at radius 1 is 1.14 bits per heavy atom. The summed E-state index contributed by atoms with van der Waals surface area (Å²) in [5.74, 6) is -0.786. The maximum Gasteiger partial charge on any atom is 0.325 e. The number of nitrogens with zero attached hydrogens (tertiary/aromatic N) is 1. The van der Waals surface area contributed by atoms with E-state index in [1.54, 1.807) is 31.4 Å². The van der Waals surface area contributed by atoms with E-state index in [1.165, 1.54) is 4.90 Å². The van der Waals surface area contributed by atoms with Crippen LogP contribution in [0.25, 0.3) is 0 Å². The van der Waals surface area contributed by atoms with Gasteiger partial charge in [0.15, 0.2) is 0 Å². The van der Waals surface area contributed by atoms with E-state index in [1.807, 2.05) is 20.8 Å². The van der Waals surface area contributed by atoms with Crippen molar-refractivity contribution in [2.45, 2.75) is 27.2 Å². The van der Waals surface area contributed by atoms with Crippen LogP contribution in [0, 0.1) is 0 Å². The number of carboxylic acid groups (broad SMARTS) is 1. The lowest BCUT2D eigenvalue weighted by atomic mass is 10.2. The first-order valence-electron chi connectivity index (χ1n) is 7.33. The third-order valence-electron chi connectivity index (χ3n) is 2.55. The molecule has 1 aromatic rings. The largest absolute Gasteiger partial charge is 0.497 e. The summed E-state index contributed by atoms with van der Waals surface area (Å²) in [6.45, 7) is 5.86. The third kappa shape index (κ3) is 7.52. The molecule has 0 spiro atoms. The van der Waals surface area contributed by atoms with Crippen molar-refractivity contribution in [1.82, 2.24) is 0 Å². The second kappa shape index (κ2) is 11.4. The first-order valence-corrected chi connectivity index (χ1v) is 7.33. The minimum absolute atomic E-state index is 0.0986. The molecule has 0 unspecified atom stereocenters. The lowest BCUT2D eigenvalue weighted by Crippen LogP contribution is -2.35. The fourth-order valence-electron chi connectivity index (χ4n) is 1.61. The lowest BCUT2D eigenvalue weighted by Gasteiger charge is -2.22. The summed E-state index contributed by atoms with van der Waals surface area (Å²) in [5, 5.41) is 8.92. The van der Waals surface area contributed by atoms with E-state index < -0.39 is 11.9 Å². The van der Waals surface area contributed by atoms with Gasteiger partial charge in [-0.1, -0.05) is 20.8 Å².